The van der Waals surface area contributed by atoms with Crippen LogP contribution in [-0.4, -0.2) is 45.5 Å². The number of pyridine rings is 1. The summed E-state index contributed by atoms with van der Waals surface area (Å²) in [6.45, 7) is 10.5. The Morgan fingerprint density at radius 2 is 1.90 bits per heavy atom. The van der Waals surface area contributed by atoms with Gasteiger partial charge < -0.3 is 4.90 Å². The molecule has 5 nitrogen and oxygen atoms in total. The molecule has 2 atom stereocenters. The summed E-state index contributed by atoms with van der Waals surface area (Å²) in [6, 6.07) is 13.2. The molecule has 40 heavy (non-hydrogen) atoms. The Morgan fingerprint density at radius 3 is 2.62 bits per heavy atom. The van der Waals surface area contributed by atoms with Crippen LogP contribution < -0.4 is 0 Å². The molecular weight excluding hydrogens is 512 g/mol. The fourth-order valence-electron chi connectivity index (χ4n) is 6.59. The molecule has 1 saturated heterocycles. The number of hydrogen-bond donors (Lipinski definition) is 1. The van der Waals surface area contributed by atoms with Crippen LogP contribution in [0.15, 0.2) is 48.8 Å². The predicted molar refractivity (Wildman–Crippen MR) is 165 cm³/mol. The number of ketones is 1. The van der Waals surface area contributed by atoms with Gasteiger partial charge in [-0.3, -0.25) is 9.89 Å². The highest BCUT2D eigenvalue weighted by atomic mass is 32.1. The first-order chi connectivity index (χ1) is 19.3. The van der Waals surface area contributed by atoms with Crippen molar-refractivity contribution in [3.05, 3.63) is 70.5 Å². The number of aryl methyl sites for hydroxylation is 1. The van der Waals surface area contributed by atoms with Crippen molar-refractivity contribution >= 4 is 27.3 Å². The number of thiophene rings is 1. The number of carbonyl (C=O) groups is 1. The summed E-state index contributed by atoms with van der Waals surface area (Å²) in [6.07, 6.45) is 12.6. The number of nitrogens with one attached hydrogen (secondary N) is 1. The van der Waals surface area contributed by atoms with E-state index in [2.05, 4.69) is 72.3 Å². The van der Waals surface area contributed by atoms with Crippen molar-refractivity contribution < 1.29 is 4.79 Å². The van der Waals surface area contributed by atoms with Gasteiger partial charge in [0, 0.05) is 29.3 Å². The summed E-state index contributed by atoms with van der Waals surface area (Å²) in [5.41, 5.74) is 6.41. The number of benzene rings is 1. The van der Waals surface area contributed by atoms with Gasteiger partial charge in [0.1, 0.15) is 4.83 Å². The van der Waals surface area contributed by atoms with Gasteiger partial charge in [-0.05, 0) is 104 Å². The lowest BCUT2D eigenvalue weighted by Gasteiger charge is -2.34. The number of likely N-dealkylation sites (tertiary alicyclic amines) is 1. The van der Waals surface area contributed by atoms with Crippen molar-refractivity contribution in [2.45, 2.75) is 78.1 Å². The maximum atomic E-state index is 13.8. The molecular formula is C34H42N4OS. The van der Waals surface area contributed by atoms with Gasteiger partial charge in [0.2, 0.25) is 0 Å². The molecule has 0 saturated carbocycles. The zero-order valence-corrected chi connectivity index (χ0v) is 25.0. The van der Waals surface area contributed by atoms with Gasteiger partial charge in [0.05, 0.1) is 11.1 Å². The molecule has 0 radical (unpaired) electrons. The van der Waals surface area contributed by atoms with Gasteiger partial charge in [-0.25, -0.2) is 4.98 Å². The van der Waals surface area contributed by atoms with Crippen LogP contribution in [0.25, 0.3) is 21.3 Å². The van der Waals surface area contributed by atoms with Crippen LogP contribution in [0.2, 0.25) is 0 Å². The van der Waals surface area contributed by atoms with Crippen molar-refractivity contribution in [1.82, 2.24) is 20.1 Å². The second kappa shape index (κ2) is 11.6. The molecule has 1 aliphatic carbocycles. The first-order valence-electron chi connectivity index (χ1n) is 15.1. The normalized spacial score (nSPS) is 19.0. The number of Topliss-reactive ketones (excluding diaryl/α,β-unsaturated/α-hetero) is 1. The van der Waals surface area contributed by atoms with Crippen molar-refractivity contribution in [2.75, 3.05) is 19.6 Å². The maximum Gasteiger partial charge on any atom is 0.173 e. The molecule has 2 aliphatic rings. The first kappa shape index (κ1) is 27.3. The summed E-state index contributed by atoms with van der Waals surface area (Å²) < 4.78 is 0. The van der Waals surface area contributed by atoms with E-state index in [4.69, 9.17) is 4.98 Å². The highest BCUT2D eigenvalue weighted by molar-refractivity contribution is 7.20. The smallest absolute Gasteiger partial charge is 0.173 e. The molecule has 3 aromatic heterocycles. The zero-order chi connectivity index (χ0) is 27.7. The topological polar surface area (TPSA) is 61.9 Å². The number of H-pyrrole nitrogens is 1. The van der Waals surface area contributed by atoms with E-state index < -0.39 is 0 Å². The molecule has 0 unspecified atom stereocenters. The second-order valence-electron chi connectivity index (χ2n) is 13.0. The highest BCUT2D eigenvalue weighted by Gasteiger charge is 2.30. The fraction of sp³-hybridized carbons (Fsp3) is 0.500. The van der Waals surface area contributed by atoms with Crippen LogP contribution in [-0.2, 0) is 12.8 Å². The lowest BCUT2D eigenvalue weighted by Crippen LogP contribution is -2.31. The standard InChI is InChI=1S/C34H42N4OS/c1-34(2,3)29-11-12-30-26(18-29)17-27-20-32(40-33(27)37-30)31(39)19-25(13-16-38-14-5-4-6-15-38)23-7-9-24(10-8-23)28-21-35-36-22-28/h7-10,17,20-22,25,29H,4-6,11-16,18-19H2,1-3H3,(H,35,36)/t25-,29-/m0/s1. The first-order valence-corrected chi connectivity index (χ1v) is 15.9. The minimum Gasteiger partial charge on any atom is -0.303 e. The zero-order valence-electron chi connectivity index (χ0n) is 24.2. The number of aromatic nitrogens is 3. The third-order valence-electron chi connectivity index (χ3n) is 9.26. The number of aromatic amines is 1. The van der Waals surface area contributed by atoms with Gasteiger partial charge in [-0.2, -0.15) is 5.10 Å². The predicted octanol–water partition coefficient (Wildman–Crippen LogP) is 8.07. The van der Waals surface area contributed by atoms with E-state index in [0.29, 0.717) is 17.8 Å². The second-order valence-corrected chi connectivity index (χ2v) is 14.1. The minimum atomic E-state index is 0.201. The molecule has 210 valence electrons. The Labute approximate surface area is 242 Å². The van der Waals surface area contributed by atoms with Gasteiger partial charge >= 0.3 is 0 Å². The van der Waals surface area contributed by atoms with E-state index in [1.165, 1.54) is 55.6 Å². The summed E-state index contributed by atoms with van der Waals surface area (Å²) in [5.74, 6) is 1.13. The number of fused-ring (bicyclic) bond motifs is 2. The Kier molecular flexibility index (Phi) is 7.91. The molecule has 1 aliphatic heterocycles. The van der Waals surface area contributed by atoms with Crippen molar-refractivity contribution in [2.24, 2.45) is 11.3 Å². The van der Waals surface area contributed by atoms with Crippen molar-refractivity contribution in [3.8, 4) is 11.1 Å². The van der Waals surface area contributed by atoms with Crippen LogP contribution in [0.4, 0.5) is 0 Å². The Bertz CT molecular complexity index is 1440. The Balaban J connectivity index is 1.21. The van der Waals surface area contributed by atoms with Gasteiger partial charge in [0.15, 0.2) is 5.78 Å². The molecule has 6 heteroatoms. The van der Waals surface area contributed by atoms with Crippen LogP contribution >= 0.6 is 11.3 Å². The SMILES string of the molecule is CC(C)(C)[C@H]1CCc2nc3sc(C(=O)C[C@H](CCN4CCCCC4)c4ccc(-c5cn[nH]c5)cc4)cc3cc2C1. The number of rotatable bonds is 8. The largest absolute Gasteiger partial charge is 0.303 e. The van der Waals surface area contributed by atoms with E-state index in [0.717, 1.165) is 52.0 Å². The highest BCUT2D eigenvalue weighted by Crippen LogP contribution is 2.39. The molecule has 1 fully saturated rings. The van der Waals surface area contributed by atoms with Crippen LogP contribution in [0.3, 0.4) is 0 Å². The Hall–Kier alpha value is -2.83. The van der Waals surface area contributed by atoms with Gasteiger partial charge in [-0.15, -0.1) is 11.3 Å². The summed E-state index contributed by atoms with van der Waals surface area (Å²) in [4.78, 5) is 23.3. The molecule has 0 bridgehead atoms. The number of piperidine rings is 1. The molecule has 4 heterocycles. The van der Waals surface area contributed by atoms with E-state index in [9.17, 15) is 4.79 Å². The van der Waals surface area contributed by atoms with E-state index in [1.54, 1.807) is 11.3 Å². The molecule has 1 aromatic carbocycles. The summed E-state index contributed by atoms with van der Waals surface area (Å²) in [5, 5.41) is 8.12. The van der Waals surface area contributed by atoms with E-state index in [1.807, 2.05) is 12.4 Å². The quantitative estimate of drug-likeness (QED) is 0.224. The molecule has 6 rings (SSSR count). The number of nitrogens with zero attached hydrogens (tertiary/aromatic N) is 3. The van der Waals surface area contributed by atoms with Crippen LogP contribution in [0.5, 0.6) is 0 Å². The third-order valence-corrected chi connectivity index (χ3v) is 10.3. The number of hydrogen-bond acceptors (Lipinski definition) is 5. The Morgan fingerprint density at radius 1 is 1.10 bits per heavy atom. The summed E-state index contributed by atoms with van der Waals surface area (Å²) in [7, 11) is 0. The minimum absolute atomic E-state index is 0.201. The summed E-state index contributed by atoms with van der Waals surface area (Å²) >= 11 is 1.59. The number of carbonyl (C=O) groups excluding carboxylic acids is 1. The third kappa shape index (κ3) is 6.08. The molecule has 4 aromatic rings. The lowest BCUT2D eigenvalue weighted by atomic mass is 9.71. The monoisotopic (exact) mass is 554 g/mol. The average molecular weight is 555 g/mol. The fourth-order valence-corrected chi connectivity index (χ4v) is 7.57. The van der Waals surface area contributed by atoms with Gasteiger partial charge in [0.25, 0.3) is 0 Å². The van der Waals surface area contributed by atoms with Crippen molar-refractivity contribution in [3.63, 3.8) is 0 Å². The van der Waals surface area contributed by atoms with Gasteiger partial charge in [-0.1, -0.05) is 51.5 Å². The maximum absolute atomic E-state index is 13.8. The molecule has 0 spiro atoms. The lowest BCUT2D eigenvalue weighted by molar-refractivity contribution is 0.0973. The average Bonchev–Trinajstić information content (AvgIpc) is 3.64. The van der Waals surface area contributed by atoms with Crippen LogP contribution in [0.1, 0.15) is 91.7 Å². The molecule has 1 N–H and O–H groups in total. The van der Waals surface area contributed by atoms with Crippen molar-refractivity contribution in [1.29, 1.82) is 0 Å². The van der Waals surface area contributed by atoms with Crippen LogP contribution in [0, 0.1) is 11.3 Å². The van der Waals surface area contributed by atoms with E-state index in [-0.39, 0.29) is 11.7 Å². The molecule has 0 amide bonds. The van der Waals surface area contributed by atoms with E-state index >= 15 is 0 Å².